The van der Waals surface area contributed by atoms with Crippen LogP contribution < -0.4 is 10.6 Å². The van der Waals surface area contributed by atoms with E-state index >= 15 is 0 Å². The second-order valence-corrected chi connectivity index (χ2v) is 5.51. The van der Waals surface area contributed by atoms with Crippen LogP contribution >= 0.6 is 0 Å². The third-order valence-corrected chi connectivity index (χ3v) is 3.72. The zero-order valence-electron chi connectivity index (χ0n) is 13.8. The van der Waals surface area contributed by atoms with Crippen molar-refractivity contribution in [3.8, 4) is 0 Å². The number of urea groups is 1. The Labute approximate surface area is 142 Å². The summed E-state index contributed by atoms with van der Waals surface area (Å²) in [6.45, 7) is 0.878. The third-order valence-electron chi connectivity index (χ3n) is 3.72. The van der Waals surface area contributed by atoms with Crippen LogP contribution in [0.3, 0.4) is 0 Å². The Bertz CT molecular complexity index is 634. The normalized spacial score (nSPS) is 11.8. The van der Waals surface area contributed by atoms with E-state index < -0.39 is 0 Å². The van der Waals surface area contributed by atoms with E-state index in [1.165, 1.54) is 24.8 Å². The van der Waals surface area contributed by atoms with Gasteiger partial charge in [-0.2, -0.15) is 0 Å². The molecule has 24 heavy (non-hydrogen) atoms. The third kappa shape index (κ3) is 6.01. The predicted molar refractivity (Wildman–Crippen MR) is 92.3 cm³/mol. The number of halogens is 1. The highest BCUT2D eigenvalue weighted by atomic mass is 19.1. The molecule has 0 aliphatic heterocycles. The maximum absolute atomic E-state index is 13.3. The Balaban J connectivity index is 1.68. The Kier molecular flexibility index (Phi) is 7.23. The molecule has 0 spiro atoms. The number of hydrogen-bond donors (Lipinski definition) is 2. The molecule has 4 nitrogen and oxygen atoms in total. The number of ether oxygens (including phenoxy) is 1. The lowest BCUT2D eigenvalue weighted by Gasteiger charge is -2.17. The van der Waals surface area contributed by atoms with Gasteiger partial charge in [-0.25, -0.2) is 9.18 Å². The van der Waals surface area contributed by atoms with Crippen molar-refractivity contribution >= 4 is 6.03 Å². The smallest absolute Gasteiger partial charge is 0.314 e. The van der Waals surface area contributed by atoms with Crippen LogP contribution in [0.5, 0.6) is 0 Å². The van der Waals surface area contributed by atoms with Crippen molar-refractivity contribution in [2.24, 2.45) is 0 Å². The van der Waals surface area contributed by atoms with Crippen molar-refractivity contribution in [3.63, 3.8) is 0 Å². The standard InChI is InChI=1S/C19H23FN2O2/c1-24-18(16-10-5-11-17(20)13-16)14-22-19(23)21-12-6-9-15-7-3-2-4-8-15/h2-5,7-8,10-11,13,18H,6,9,12,14H2,1H3,(H2,21,22,23). The van der Waals surface area contributed by atoms with Crippen LogP contribution in [0, 0.1) is 5.82 Å². The van der Waals surface area contributed by atoms with Gasteiger partial charge in [-0.1, -0.05) is 42.5 Å². The van der Waals surface area contributed by atoms with Crippen molar-refractivity contribution in [3.05, 3.63) is 71.5 Å². The SMILES string of the molecule is COC(CNC(=O)NCCCc1ccccc1)c1cccc(F)c1. The summed E-state index contributed by atoms with van der Waals surface area (Å²) in [6.07, 6.45) is 1.41. The van der Waals surface area contributed by atoms with Crippen LogP contribution in [-0.2, 0) is 11.2 Å². The number of hydrogen-bond acceptors (Lipinski definition) is 2. The van der Waals surface area contributed by atoms with Gasteiger partial charge in [0, 0.05) is 20.2 Å². The van der Waals surface area contributed by atoms with Gasteiger partial charge in [0.2, 0.25) is 0 Å². The van der Waals surface area contributed by atoms with Crippen LogP contribution in [0.4, 0.5) is 9.18 Å². The van der Waals surface area contributed by atoms with Crippen LogP contribution in [0.25, 0.3) is 0 Å². The summed E-state index contributed by atoms with van der Waals surface area (Å²) in [5.74, 6) is -0.320. The number of amides is 2. The van der Waals surface area contributed by atoms with Gasteiger partial charge in [-0.05, 0) is 36.1 Å². The topological polar surface area (TPSA) is 50.4 Å². The minimum atomic E-state index is -0.379. The second-order valence-electron chi connectivity index (χ2n) is 5.51. The van der Waals surface area contributed by atoms with Gasteiger partial charge in [0.15, 0.2) is 0 Å². The molecule has 2 N–H and O–H groups in total. The highest BCUT2D eigenvalue weighted by molar-refractivity contribution is 5.73. The molecule has 128 valence electrons. The van der Waals surface area contributed by atoms with E-state index in [1.54, 1.807) is 12.1 Å². The van der Waals surface area contributed by atoms with Gasteiger partial charge >= 0.3 is 6.03 Å². The molecule has 0 aromatic heterocycles. The second kappa shape index (κ2) is 9.67. The molecular weight excluding hydrogens is 307 g/mol. The van der Waals surface area contributed by atoms with Crippen LogP contribution in [-0.4, -0.2) is 26.2 Å². The first kappa shape index (κ1) is 17.9. The minimum Gasteiger partial charge on any atom is -0.375 e. The van der Waals surface area contributed by atoms with Gasteiger partial charge < -0.3 is 15.4 Å². The summed E-state index contributed by atoms with van der Waals surface area (Å²) in [7, 11) is 1.54. The lowest BCUT2D eigenvalue weighted by atomic mass is 10.1. The van der Waals surface area contributed by atoms with Crippen LogP contribution in [0.1, 0.15) is 23.7 Å². The van der Waals surface area contributed by atoms with E-state index in [-0.39, 0.29) is 24.5 Å². The number of nitrogens with one attached hydrogen (secondary N) is 2. The van der Waals surface area contributed by atoms with Gasteiger partial charge in [0.05, 0.1) is 6.10 Å². The first-order chi connectivity index (χ1) is 11.7. The summed E-state index contributed by atoms with van der Waals surface area (Å²) < 4.78 is 18.6. The molecule has 0 aliphatic carbocycles. The lowest BCUT2D eigenvalue weighted by Crippen LogP contribution is -2.38. The first-order valence-electron chi connectivity index (χ1n) is 8.03. The average molecular weight is 330 g/mol. The van der Waals surface area contributed by atoms with Gasteiger partial charge in [0.1, 0.15) is 5.82 Å². The number of benzene rings is 2. The lowest BCUT2D eigenvalue weighted by molar-refractivity contribution is 0.103. The average Bonchev–Trinajstić information content (AvgIpc) is 2.60. The molecule has 0 saturated carbocycles. The Hall–Kier alpha value is -2.40. The summed E-state index contributed by atoms with van der Waals surface area (Å²) in [5, 5.41) is 5.57. The number of methoxy groups -OCH3 is 1. The molecule has 0 heterocycles. The van der Waals surface area contributed by atoms with Gasteiger partial charge in [-0.15, -0.1) is 0 Å². The molecule has 2 aromatic rings. The monoisotopic (exact) mass is 330 g/mol. The van der Waals surface area contributed by atoms with Crippen LogP contribution in [0.15, 0.2) is 54.6 Å². The zero-order chi connectivity index (χ0) is 17.2. The molecule has 0 aliphatic rings. The van der Waals surface area contributed by atoms with E-state index in [2.05, 4.69) is 22.8 Å². The molecule has 0 fully saturated rings. The van der Waals surface area contributed by atoms with E-state index in [0.717, 1.165) is 12.8 Å². The fourth-order valence-electron chi connectivity index (χ4n) is 2.43. The molecule has 0 bridgehead atoms. The quantitative estimate of drug-likeness (QED) is 0.729. The summed E-state index contributed by atoms with van der Waals surface area (Å²) in [6, 6.07) is 16.1. The van der Waals surface area contributed by atoms with Gasteiger partial charge in [0.25, 0.3) is 0 Å². The Morgan fingerprint density at radius 3 is 2.62 bits per heavy atom. The molecule has 2 rings (SSSR count). The van der Waals surface area contributed by atoms with E-state index in [0.29, 0.717) is 12.1 Å². The van der Waals surface area contributed by atoms with Gasteiger partial charge in [-0.3, -0.25) is 0 Å². The molecule has 1 unspecified atom stereocenters. The largest absolute Gasteiger partial charge is 0.375 e. The van der Waals surface area contributed by atoms with Crippen molar-refractivity contribution in [1.82, 2.24) is 10.6 Å². The van der Waals surface area contributed by atoms with Crippen molar-refractivity contribution in [2.45, 2.75) is 18.9 Å². The maximum atomic E-state index is 13.3. The molecule has 1 atom stereocenters. The minimum absolute atomic E-state index is 0.249. The molecule has 0 radical (unpaired) electrons. The number of carbonyl (C=O) groups excluding carboxylic acids is 1. The molecule has 0 saturated heterocycles. The fraction of sp³-hybridized carbons (Fsp3) is 0.316. The van der Waals surface area contributed by atoms with Crippen molar-refractivity contribution in [2.75, 3.05) is 20.2 Å². The zero-order valence-corrected chi connectivity index (χ0v) is 13.8. The summed E-state index contributed by atoms with van der Waals surface area (Å²) in [5.41, 5.74) is 1.95. The summed E-state index contributed by atoms with van der Waals surface area (Å²) >= 11 is 0. The Morgan fingerprint density at radius 1 is 1.12 bits per heavy atom. The Morgan fingerprint density at radius 2 is 1.92 bits per heavy atom. The van der Waals surface area contributed by atoms with Crippen molar-refractivity contribution < 1.29 is 13.9 Å². The van der Waals surface area contributed by atoms with E-state index in [1.807, 2.05) is 18.2 Å². The molecule has 2 aromatic carbocycles. The first-order valence-corrected chi connectivity index (χ1v) is 8.03. The highest BCUT2D eigenvalue weighted by Crippen LogP contribution is 2.16. The molecule has 2 amide bonds. The highest BCUT2D eigenvalue weighted by Gasteiger charge is 2.12. The predicted octanol–water partition coefficient (Wildman–Crippen LogP) is 3.45. The van der Waals surface area contributed by atoms with Crippen molar-refractivity contribution in [1.29, 1.82) is 0 Å². The van der Waals surface area contributed by atoms with E-state index in [4.69, 9.17) is 4.74 Å². The maximum Gasteiger partial charge on any atom is 0.314 e. The van der Waals surface area contributed by atoms with Crippen LogP contribution in [0.2, 0.25) is 0 Å². The number of aryl methyl sites for hydroxylation is 1. The summed E-state index contributed by atoms with van der Waals surface area (Å²) in [4.78, 5) is 11.8. The number of carbonyl (C=O) groups is 1. The van der Waals surface area contributed by atoms with E-state index in [9.17, 15) is 9.18 Å². The number of rotatable bonds is 8. The molecule has 5 heteroatoms. The fourth-order valence-corrected chi connectivity index (χ4v) is 2.43. The molecular formula is C19H23FN2O2.